The van der Waals surface area contributed by atoms with Gasteiger partial charge in [-0.2, -0.15) is 0 Å². The maximum Gasteiger partial charge on any atom is 0.222 e. The summed E-state index contributed by atoms with van der Waals surface area (Å²) < 4.78 is 0. The van der Waals surface area contributed by atoms with Gasteiger partial charge in [0.25, 0.3) is 0 Å². The van der Waals surface area contributed by atoms with E-state index in [9.17, 15) is 4.79 Å². The number of aryl methyl sites for hydroxylation is 1. The number of hydrogen-bond acceptors (Lipinski definition) is 2. The molecule has 2 N–H and O–H groups in total. The fourth-order valence-corrected chi connectivity index (χ4v) is 2.91. The third kappa shape index (κ3) is 3.57. The van der Waals surface area contributed by atoms with Crippen LogP contribution in [0, 0.1) is 5.92 Å². The first-order chi connectivity index (χ1) is 9.22. The molecule has 19 heavy (non-hydrogen) atoms. The van der Waals surface area contributed by atoms with Gasteiger partial charge in [0, 0.05) is 25.6 Å². The number of amides is 1. The molecule has 1 aliphatic rings. The first kappa shape index (κ1) is 14.1. The maximum atomic E-state index is 12.2. The summed E-state index contributed by atoms with van der Waals surface area (Å²) >= 11 is 0. The third-order valence-corrected chi connectivity index (χ3v) is 4.14. The van der Waals surface area contributed by atoms with E-state index < -0.39 is 0 Å². The van der Waals surface area contributed by atoms with Crippen LogP contribution >= 0.6 is 0 Å². The van der Waals surface area contributed by atoms with Crippen molar-refractivity contribution in [1.29, 1.82) is 0 Å². The van der Waals surface area contributed by atoms with Crippen molar-refractivity contribution in [2.45, 2.75) is 38.6 Å². The molecule has 0 saturated carbocycles. The molecule has 3 heteroatoms. The number of benzene rings is 1. The van der Waals surface area contributed by atoms with Gasteiger partial charge in [-0.15, -0.1) is 0 Å². The Kier molecular flexibility index (Phi) is 4.97. The summed E-state index contributed by atoms with van der Waals surface area (Å²) in [6.45, 7) is 3.66. The van der Waals surface area contributed by atoms with Crippen molar-refractivity contribution in [3.05, 3.63) is 35.9 Å². The molecule has 0 aromatic heterocycles. The molecule has 3 nitrogen and oxygen atoms in total. The van der Waals surface area contributed by atoms with Crippen LogP contribution < -0.4 is 5.73 Å². The van der Waals surface area contributed by atoms with Crippen molar-refractivity contribution in [3.63, 3.8) is 0 Å². The van der Waals surface area contributed by atoms with E-state index in [1.807, 2.05) is 23.1 Å². The molecule has 2 atom stereocenters. The second-order valence-corrected chi connectivity index (χ2v) is 5.50. The number of nitrogens with two attached hydrogens (primary N) is 1. The highest BCUT2D eigenvalue weighted by atomic mass is 16.2. The van der Waals surface area contributed by atoms with Crippen LogP contribution in [0.3, 0.4) is 0 Å². The second-order valence-electron chi connectivity index (χ2n) is 5.50. The summed E-state index contributed by atoms with van der Waals surface area (Å²) in [6, 6.07) is 10.6. The zero-order valence-corrected chi connectivity index (χ0v) is 11.7. The van der Waals surface area contributed by atoms with E-state index in [2.05, 4.69) is 19.1 Å². The van der Waals surface area contributed by atoms with Crippen molar-refractivity contribution in [2.75, 3.05) is 13.1 Å². The lowest BCUT2D eigenvalue weighted by Crippen LogP contribution is -2.42. The molecule has 1 aromatic carbocycles. The minimum Gasteiger partial charge on any atom is -0.338 e. The van der Waals surface area contributed by atoms with Crippen molar-refractivity contribution in [2.24, 2.45) is 11.7 Å². The van der Waals surface area contributed by atoms with Gasteiger partial charge in [-0.05, 0) is 30.7 Å². The topological polar surface area (TPSA) is 46.3 Å². The minimum atomic E-state index is 0.254. The summed E-state index contributed by atoms with van der Waals surface area (Å²) in [5, 5.41) is 0. The van der Waals surface area contributed by atoms with Crippen LogP contribution in [0.4, 0.5) is 0 Å². The Bertz CT molecular complexity index is 404. The van der Waals surface area contributed by atoms with Crippen LogP contribution in [0.2, 0.25) is 0 Å². The van der Waals surface area contributed by atoms with Crippen molar-refractivity contribution in [1.82, 2.24) is 4.90 Å². The van der Waals surface area contributed by atoms with Gasteiger partial charge in [0.05, 0.1) is 0 Å². The standard InChI is InChI=1S/C16H24N2O/c1-13-10-11-18(15(13)12-17)16(19)9-5-8-14-6-3-2-4-7-14/h2-4,6-7,13,15H,5,8-12,17H2,1H3. The van der Waals surface area contributed by atoms with Gasteiger partial charge in [0.15, 0.2) is 0 Å². The molecular formula is C16H24N2O. The first-order valence-corrected chi connectivity index (χ1v) is 7.26. The lowest BCUT2D eigenvalue weighted by molar-refractivity contribution is -0.132. The number of nitrogens with zero attached hydrogens (tertiary/aromatic N) is 1. The van der Waals surface area contributed by atoms with Crippen LogP contribution in [0.15, 0.2) is 30.3 Å². The molecule has 0 radical (unpaired) electrons. The number of rotatable bonds is 5. The van der Waals surface area contributed by atoms with Gasteiger partial charge >= 0.3 is 0 Å². The zero-order chi connectivity index (χ0) is 13.7. The largest absolute Gasteiger partial charge is 0.338 e. The van der Waals surface area contributed by atoms with E-state index in [1.165, 1.54) is 5.56 Å². The number of carbonyl (C=O) groups excluding carboxylic acids is 1. The molecule has 0 bridgehead atoms. The normalized spacial score (nSPS) is 22.7. The molecule has 1 aliphatic heterocycles. The first-order valence-electron chi connectivity index (χ1n) is 7.26. The molecule has 1 amide bonds. The smallest absolute Gasteiger partial charge is 0.222 e. The Morgan fingerprint density at radius 1 is 1.37 bits per heavy atom. The zero-order valence-electron chi connectivity index (χ0n) is 11.7. The average molecular weight is 260 g/mol. The fraction of sp³-hybridized carbons (Fsp3) is 0.562. The minimum absolute atomic E-state index is 0.254. The van der Waals surface area contributed by atoms with E-state index in [4.69, 9.17) is 5.73 Å². The summed E-state index contributed by atoms with van der Waals surface area (Å²) in [5.74, 6) is 0.818. The molecule has 0 aliphatic carbocycles. The Morgan fingerprint density at radius 2 is 2.11 bits per heavy atom. The molecule has 1 heterocycles. The third-order valence-electron chi connectivity index (χ3n) is 4.14. The summed E-state index contributed by atoms with van der Waals surface area (Å²) in [6.07, 6.45) is 3.62. The van der Waals surface area contributed by atoms with E-state index >= 15 is 0 Å². The molecule has 1 saturated heterocycles. The SMILES string of the molecule is CC1CCN(C(=O)CCCc2ccccc2)C1CN. The molecule has 1 aromatic rings. The van der Waals surface area contributed by atoms with Crippen LogP contribution in [0.1, 0.15) is 31.7 Å². The van der Waals surface area contributed by atoms with Crippen molar-refractivity contribution in [3.8, 4) is 0 Å². The fourth-order valence-electron chi connectivity index (χ4n) is 2.91. The second kappa shape index (κ2) is 6.71. The van der Waals surface area contributed by atoms with Crippen LogP contribution in [-0.2, 0) is 11.2 Å². The van der Waals surface area contributed by atoms with Crippen LogP contribution in [-0.4, -0.2) is 29.9 Å². The van der Waals surface area contributed by atoms with E-state index in [1.54, 1.807) is 0 Å². The van der Waals surface area contributed by atoms with Gasteiger partial charge < -0.3 is 10.6 Å². The van der Waals surface area contributed by atoms with Gasteiger partial charge in [0.1, 0.15) is 0 Å². The number of hydrogen-bond donors (Lipinski definition) is 1. The lowest BCUT2D eigenvalue weighted by Gasteiger charge is -2.25. The van der Waals surface area contributed by atoms with Gasteiger partial charge in [-0.1, -0.05) is 37.3 Å². The molecule has 2 unspecified atom stereocenters. The highest BCUT2D eigenvalue weighted by molar-refractivity contribution is 5.76. The average Bonchev–Trinajstić information content (AvgIpc) is 2.81. The van der Waals surface area contributed by atoms with E-state index in [-0.39, 0.29) is 11.9 Å². The summed E-state index contributed by atoms with van der Waals surface area (Å²) in [5.41, 5.74) is 7.08. The summed E-state index contributed by atoms with van der Waals surface area (Å²) in [7, 11) is 0. The van der Waals surface area contributed by atoms with Gasteiger partial charge in [-0.25, -0.2) is 0 Å². The van der Waals surface area contributed by atoms with E-state index in [0.29, 0.717) is 18.9 Å². The van der Waals surface area contributed by atoms with Gasteiger partial charge in [-0.3, -0.25) is 4.79 Å². The van der Waals surface area contributed by atoms with Gasteiger partial charge in [0.2, 0.25) is 5.91 Å². The molecule has 2 rings (SSSR count). The number of carbonyl (C=O) groups is 1. The highest BCUT2D eigenvalue weighted by Crippen LogP contribution is 2.24. The monoisotopic (exact) mass is 260 g/mol. The Hall–Kier alpha value is -1.35. The predicted molar refractivity (Wildman–Crippen MR) is 77.7 cm³/mol. The van der Waals surface area contributed by atoms with Crippen molar-refractivity contribution >= 4 is 5.91 Å². The van der Waals surface area contributed by atoms with Crippen LogP contribution in [0.25, 0.3) is 0 Å². The Labute approximate surface area is 115 Å². The molecule has 1 fully saturated rings. The maximum absolute atomic E-state index is 12.2. The molecule has 0 spiro atoms. The van der Waals surface area contributed by atoms with E-state index in [0.717, 1.165) is 25.8 Å². The Balaban J connectivity index is 1.78. The summed E-state index contributed by atoms with van der Waals surface area (Å²) in [4.78, 5) is 14.2. The predicted octanol–water partition coefficient (Wildman–Crippen LogP) is 2.21. The lowest BCUT2D eigenvalue weighted by atomic mass is 10.0. The highest BCUT2D eigenvalue weighted by Gasteiger charge is 2.32. The molecular weight excluding hydrogens is 236 g/mol. The van der Waals surface area contributed by atoms with Crippen LogP contribution in [0.5, 0.6) is 0 Å². The quantitative estimate of drug-likeness (QED) is 0.882. The van der Waals surface area contributed by atoms with Crippen molar-refractivity contribution < 1.29 is 4.79 Å². The Morgan fingerprint density at radius 3 is 2.79 bits per heavy atom. The number of likely N-dealkylation sites (tertiary alicyclic amines) is 1. The molecule has 104 valence electrons.